The molecule has 5 heteroatoms. The number of rotatable bonds is 5. The summed E-state index contributed by atoms with van der Waals surface area (Å²) in [5.41, 5.74) is 1.20. The van der Waals surface area contributed by atoms with E-state index >= 15 is 0 Å². The van der Waals surface area contributed by atoms with Crippen molar-refractivity contribution in [2.75, 3.05) is 6.54 Å². The zero-order valence-corrected chi connectivity index (χ0v) is 12.0. The van der Waals surface area contributed by atoms with E-state index in [1.807, 2.05) is 6.92 Å². The van der Waals surface area contributed by atoms with E-state index in [0.717, 1.165) is 37.8 Å². The molecule has 1 fully saturated rings. The van der Waals surface area contributed by atoms with Gasteiger partial charge in [0.15, 0.2) is 0 Å². The molecule has 1 aliphatic carbocycles. The molecule has 0 aromatic carbocycles. The summed E-state index contributed by atoms with van der Waals surface area (Å²) < 4.78 is 0. The molecule has 0 radical (unpaired) electrons. The molecule has 1 saturated carbocycles. The normalized spacial score (nSPS) is 22.5. The number of nitrogens with zero attached hydrogens (tertiary/aromatic N) is 2. The second-order valence-electron chi connectivity index (χ2n) is 5.55. The van der Waals surface area contributed by atoms with Gasteiger partial charge in [0, 0.05) is 12.2 Å². The molecule has 2 N–H and O–H groups in total. The Bertz CT molecular complexity index is 450. The molecule has 1 aromatic rings. The van der Waals surface area contributed by atoms with Crippen molar-refractivity contribution in [2.45, 2.75) is 51.6 Å². The highest BCUT2D eigenvalue weighted by Gasteiger charge is 2.22. The molecular weight excluding hydrogens is 254 g/mol. The van der Waals surface area contributed by atoms with E-state index < -0.39 is 0 Å². The van der Waals surface area contributed by atoms with Crippen LogP contribution in [0, 0.1) is 12.8 Å². The van der Waals surface area contributed by atoms with Gasteiger partial charge in [-0.15, -0.1) is 0 Å². The van der Waals surface area contributed by atoms with E-state index in [4.69, 9.17) is 0 Å². The molecular formula is C15H23N3O2. The Morgan fingerprint density at radius 2 is 2.20 bits per heavy atom. The third kappa shape index (κ3) is 4.27. The predicted octanol–water partition coefficient (Wildman–Crippen LogP) is 1.85. The maximum absolute atomic E-state index is 11.9. The smallest absolute Gasteiger partial charge is 0.270 e. The minimum atomic E-state index is -0.153. The third-order valence-corrected chi connectivity index (χ3v) is 3.94. The van der Waals surface area contributed by atoms with Crippen molar-refractivity contribution < 1.29 is 9.90 Å². The largest absolute Gasteiger partial charge is 0.393 e. The van der Waals surface area contributed by atoms with Crippen molar-refractivity contribution in [3.05, 3.63) is 23.8 Å². The van der Waals surface area contributed by atoms with Crippen LogP contribution in [0.2, 0.25) is 0 Å². The van der Waals surface area contributed by atoms with Crippen molar-refractivity contribution >= 4 is 5.91 Å². The number of carbonyl (C=O) groups excluding carboxylic acids is 1. The van der Waals surface area contributed by atoms with E-state index in [2.05, 4.69) is 15.3 Å². The summed E-state index contributed by atoms with van der Waals surface area (Å²) in [5.74, 6) is 0.252. The van der Waals surface area contributed by atoms with E-state index in [-0.39, 0.29) is 12.0 Å². The van der Waals surface area contributed by atoms with Crippen molar-refractivity contribution in [1.82, 2.24) is 15.3 Å². The Hall–Kier alpha value is -1.49. The van der Waals surface area contributed by atoms with Gasteiger partial charge in [-0.1, -0.05) is 12.8 Å². The minimum absolute atomic E-state index is 0.149. The molecule has 5 nitrogen and oxygen atoms in total. The highest BCUT2D eigenvalue weighted by Crippen LogP contribution is 2.27. The zero-order valence-electron chi connectivity index (χ0n) is 12.0. The molecule has 1 heterocycles. The number of aromatic nitrogens is 2. The Kier molecular flexibility index (Phi) is 5.47. The van der Waals surface area contributed by atoms with Crippen molar-refractivity contribution in [3.63, 3.8) is 0 Å². The first kappa shape index (κ1) is 14.9. The highest BCUT2D eigenvalue weighted by molar-refractivity contribution is 5.92. The lowest BCUT2D eigenvalue weighted by Crippen LogP contribution is -2.28. The van der Waals surface area contributed by atoms with Crippen LogP contribution in [0.4, 0.5) is 0 Å². The van der Waals surface area contributed by atoms with Crippen LogP contribution < -0.4 is 5.32 Å². The van der Waals surface area contributed by atoms with Crippen LogP contribution in [0.15, 0.2) is 12.4 Å². The number of aliphatic hydroxyl groups is 1. The highest BCUT2D eigenvalue weighted by atomic mass is 16.3. The van der Waals surface area contributed by atoms with E-state index in [0.29, 0.717) is 18.2 Å². The topological polar surface area (TPSA) is 75.1 Å². The van der Waals surface area contributed by atoms with Crippen molar-refractivity contribution in [2.24, 2.45) is 5.92 Å². The Labute approximate surface area is 119 Å². The molecule has 1 amide bonds. The van der Waals surface area contributed by atoms with Crippen LogP contribution >= 0.6 is 0 Å². The lowest BCUT2D eigenvalue weighted by atomic mass is 9.83. The monoisotopic (exact) mass is 277 g/mol. The summed E-state index contributed by atoms with van der Waals surface area (Å²) in [4.78, 5) is 19.8. The van der Waals surface area contributed by atoms with Crippen LogP contribution in [-0.4, -0.2) is 33.6 Å². The fourth-order valence-corrected chi connectivity index (χ4v) is 2.76. The molecule has 0 bridgehead atoms. The summed E-state index contributed by atoms with van der Waals surface area (Å²) >= 11 is 0. The van der Waals surface area contributed by atoms with Crippen LogP contribution in [0.1, 0.15) is 54.7 Å². The Morgan fingerprint density at radius 1 is 1.40 bits per heavy atom. The minimum Gasteiger partial charge on any atom is -0.393 e. The molecule has 20 heavy (non-hydrogen) atoms. The molecule has 0 saturated heterocycles. The van der Waals surface area contributed by atoms with E-state index in [1.165, 1.54) is 12.7 Å². The maximum Gasteiger partial charge on any atom is 0.270 e. The van der Waals surface area contributed by atoms with Crippen molar-refractivity contribution in [3.8, 4) is 0 Å². The number of hydrogen-bond acceptors (Lipinski definition) is 4. The summed E-state index contributed by atoms with van der Waals surface area (Å²) in [7, 11) is 0. The van der Waals surface area contributed by atoms with Crippen LogP contribution in [0.3, 0.4) is 0 Å². The number of nitrogens with one attached hydrogen (secondary N) is 1. The molecule has 110 valence electrons. The summed E-state index contributed by atoms with van der Waals surface area (Å²) in [6, 6.07) is 1.68. The van der Waals surface area contributed by atoms with Gasteiger partial charge in [-0.3, -0.25) is 4.79 Å². The Balaban J connectivity index is 1.69. The van der Waals surface area contributed by atoms with Gasteiger partial charge in [0.1, 0.15) is 12.0 Å². The summed E-state index contributed by atoms with van der Waals surface area (Å²) in [6.07, 6.45) is 7.53. The average molecular weight is 277 g/mol. The SMILES string of the molecule is Cc1cc(C(=O)NCCCC2CCCCC2O)ncn1. The van der Waals surface area contributed by atoms with Crippen LogP contribution in [0.25, 0.3) is 0 Å². The predicted molar refractivity (Wildman–Crippen MR) is 76.3 cm³/mol. The average Bonchev–Trinajstić information content (AvgIpc) is 2.45. The van der Waals surface area contributed by atoms with Gasteiger partial charge in [0.25, 0.3) is 5.91 Å². The number of amides is 1. The molecule has 0 aliphatic heterocycles. The van der Waals surface area contributed by atoms with Crippen LogP contribution in [0.5, 0.6) is 0 Å². The molecule has 0 spiro atoms. The zero-order chi connectivity index (χ0) is 14.4. The first-order chi connectivity index (χ1) is 9.66. The number of hydrogen-bond donors (Lipinski definition) is 2. The lowest BCUT2D eigenvalue weighted by molar-refractivity contribution is 0.0641. The van der Waals surface area contributed by atoms with Gasteiger partial charge in [0.05, 0.1) is 6.10 Å². The summed E-state index contributed by atoms with van der Waals surface area (Å²) in [6.45, 7) is 2.47. The first-order valence-corrected chi connectivity index (χ1v) is 7.41. The maximum atomic E-state index is 11.9. The fraction of sp³-hybridized carbons (Fsp3) is 0.667. The van der Waals surface area contributed by atoms with Gasteiger partial charge >= 0.3 is 0 Å². The standard InChI is InChI=1S/C15H23N3O2/c1-11-9-13(18-10-17-11)15(20)16-8-4-6-12-5-2-3-7-14(12)19/h9-10,12,14,19H,2-8H2,1H3,(H,16,20). The Morgan fingerprint density at radius 3 is 2.95 bits per heavy atom. The van der Waals surface area contributed by atoms with Gasteiger partial charge in [-0.25, -0.2) is 9.97 Å². The van der Waals surface area contributed by atoms with Gasteiger partial charge in [0.2, 0.25) is 0 Å². The fourth-order valence-electron chi connectivity index (χ4n) is 2.76. The second-order valence-corrected chi connectivity index (χ2v) is 5.55. The molecule has 1 aromatic heterocycles. The summed E-state index contributed by atoms with van der Waals surface area (Å²) in [5, 5.41) is 12.8. The number of aliphatic hydroxyl groups excluding tert-OH is 1. The van der Waals surface area contributed by atoms with Gasteiger partial charge < -0.3 is 10.4 Å². The third-order valence-electron chi connectivity index (χ3n) is 3.94. The van der Waals surface area contributed by atoms with Gasteiger partial charge in [-0.2, -0.15) is 0 Å². The lowest BCUT2D eigenvalue weighted by Gasteiger charge is -2.27. The van der Waals surface area contributed by atoms with Crippen LogP contribution in [-0.2, 0) is 0 Å². The quantitative estimate of drug-likeness (QED) is 0.805. The van der Waals surface area contributed by atoms with Gasteiger partial charge in [-0.05, 0) is 44.6 Å². The van der Waals surface area contributed by atoms with Crippen molar-refractivity contribution in [1.29, 1.82) is 0 Å². The molecule has 1 aliphatic rings. The van der Waals surface area contributed by atoms with E-state index in [9.17, 15) is 9.90 Å². The second kappa shape index (κ2) is 7.33. The molecule has 2 rings (SSSR count). The number of carbonyl (C=O) groups is 1. The van der Waals surface area contributed by atoms with E-state index in [1.54, 1.807) is 6.07 Å². The molecule has 2 atom stereocenters. The number of aryl methyl sites for hydroxylation is 1. The first-order valence-electron chi connectivity index (χ1n) is 7.41. The molecule has 2 unspecified atom stereocenters.